The summed E-state index contributed by atoms with van der Waals surface area (Å²) in [5.41, 5.74) is 2.37. The molecule has 1 unspecified atom stereocenters. The highest BCUT2D eigenvalue weighted by atomic mass is 16.6. The van der Waals surface area contributed by atoms with E-state index in [1.165, 1.54) is 6.92 Å². The van der Waals surface area contributed by atoms with Crippen molar-refractivity contribution in [2.45, 2.75) is 78.2 Å². The van der Waals surface area contributed by atoms with Crippen LogP contribution in [0.25, 0.3) is 0 Å². The van der Waals surface area contributed by atoms with E-state index in [2.05, 4.69) is 6.58 Å². The van der Waals surface area contributed by atoms with Crippen molar-refractivity contribution in [1.82, 2.24) is 0 Å². The van der Waals surface area contributed by atoms with Crippen molar-refractivity contribution in [1.29, 1.82) is 0 Å². The van der Waals surface area contributed by atoms with Gasteiger partial charge in [0.2, 0.25) is 0 Å². The first-order valence-corrected chi connectivity index (χ1v) is 10.2. The number of rotatable bonds is 8. The van der Waals surface area contributed by atoms with E-state index in [0.29, 0.717) is 12.2 Å². The minimum absolute atomic E-state index is 0.135. The molecular formula is C24H36O6. The van der Waals surface area contributed by atoms with Crippen LogP contribution in [0.4, 0.5) is 0 Å². The molecule has 1 aromatic rings. The molecule has 0 fully saturated rings. The number of carbonyl (C=O) groups is 2. The maximum Gasteiger partial charge on any atom is 0.333 e. The van der Waals surface area contributed by atoms with Crippen LogP contribution in [0.2, 0.25) is 0 Å². The molecule has 1 atom stereocenters. The van der Waals surface area contributed by atoms with Gasteiger partial charge in [-0.25, -0.2) is 4.79 Å². The van der Waals surface area contributed by atoms with Gasteiger partial charge in [0.1, 0.15) is 25.1 Å². The van der Waals surface area contributed by atoms with E-state index in [0.717, 1.165) is 16.7 Å². The SMILES string of the molecule is C=C(C)C(=O)OCC(O)COC(=O)CCc1cc(C(C)(C)C)c(O)c(C(C)(C)C)c1. The van der Waals surface area contributed by atoms with E-state index in [1.54, 1.807) is 0 Å². The molecule has 0 spiro atoms. The topological polar surface area (TPSA) is 93.1 Å². The van der Waals surface area contributed by atoms with Gasteiger partial charge in [0.05, 0.1) is 0 Å². The Bertz CT molecular complexity index is 745. The molecule has 0 saturated carbocycles. The number of phenolic OH excluding ortho intramolecular Hbond substituents is 1. The average molecular weight is 421 g/mol. The lowest BCUT2D eigenvalue weighted by molar-refractivity contribution is -0.150. The van der Waals surface area contributed by atoms with Crippen LogP contribution in [0, 0.1) is 0 Å². The third-order valence-corrected chi connectivity index (χ3v) is 4.60. The quantitative estimate of drug-likeness (QED) is 0.489. The zero-order valence-electron chi connectivity index (χ0n) is 19.3. The third-order valence-electron chi connectivity index (χ3n) is 4.60. The van der Waals surface area contributed by atoms with Crippen LogP contribution in [0.15, 0.2) is 24.3 Å². The largest absolute Gasteiger partial charge is 0.507 e. The molecule has 30 heavy (non-hydrogen) atoms. The summed E-state index contributed by atoms with van der Waals surface area (Å²) in [6.07, 6.45) is -0.506. The Morgan fingerprint density at radius 3 is 1.90 bits per heavy atom. The van der Waals surface area contributed by atoms with E-state index in [9.17, 15) is 19.8 Å². The number of ether oxygens (including phenoxy) is 2. The second-order valence-corrected chi connectivity index (χ2v) is 9.76. The van der Waals surface area contributed by atoms with Gasteiger partial charge in [-0.1, -0.05) is 60.3 Å². The van der Waals surface area contributed by atoms with Crippen molar-refractivity contribution in [3.63, 3.8) is 0 Å². The zero-order valence-corrected chi connectivity index (χ0v) is 19.3. The number of benzene rings is 1. The number of aliphatic hydroxyl groups is 1. The molecule has 1 aromatic carbocycles. The van der Waals surface area contributed by atoms with Crippen LogP contribution >= 0.6 is 0 Å². The maximum atomic E-state index is 12.1. The summed E-state index contributed by atoms with van der Waals surface area (Å²) in [5, 5.41) is 20.6. The molecule has 0 saturated heterocycles. The Morgan fingerprint density at radius 1 is 1.00 bits per heavy atom. The second kappa shape index (κ2) is 10.1. The lowest BCUT2D eigenvalue weighted by Gasteiger charge is -2.28. The maximum absolute atomic E-state index is 12.1. The highest BCUT2D eigenvalue weighted by molar-refractivity contribution is 5.86. The lowest BCUT2D eigenvalue weighted by Crippen LogP contribution is -2.25. The molecule has 0 heterocycles. The predicted octanol–water partition coefficient (Wildman–Crippen LogP) is 3.94. The van der Waals surface area contributed by atoms with Gasteiger partial charge < -0.3 is 19.7 Å². The standard InChI is InChI=1S/C24H36O6/c1-15(2)22(28)30-14-17(25)13-29-20(26)10-9-16-11-18(23(3,4)5)21(27)19(12-16)24(6,7)8/h11-12,17,25,27H,1,9-10,13-14H2,2-8H3. The molecule has 2 N–H and O–H groups in total. The molecule has 0 aliphatic heterocycles. The second-order valence-electron chi connectivity index (χ2n) is 9.76. The first-order chi connectivity index (χ1) is 13.6. The monoisotopic (exact) mass is 420 g/mol. The summed E-state index contributed by atoms with van der Waals surface area (Å²) in [4.78, 5) is 23.4. The van der Waals surface area contributed by atoms with Crippen molar-refractivity contribution in [3.8, 4) is 5.75 Å². The minimum Gasteiger partial charge on any atom is -0.507 e. The smallest absolute Gasteiger partial charge is 0.333 e. The lowest BCUT2D eigenvalue weighted by atomic mass is 9.78. The third kappa shape index (κ3) is 7.82. The Hall–Kier alpha value is -2.34. The highest BCUT2D eigenvalue weighted by Crippen LogP contribution is 2.39. The summed E-state index contributed by atoms with van der Waals surface area (Å²) in [5.74, 6) is -0.756. The van der Waals surface area contributed by atoms with Crippen LogP contribution in [-0.4, -0.2) is 41.5 Å². The summed E-state index contributed by atoms with van der Waals surface area (Å²) in [7, 11) is 0. The van der Waals surface area contributed by atoms with Gasteiger partial charge in [-0.05, 0) is 40.9 Å². The fraction of sp³-hybridized carbons (Fsp3) is 0.583. The Labute approximate surface area is 179 Å². The number of carbonyl (C=O) groups excluding carboxylic acids is 2. The summed E-state index contributed by atoms with van der Waals surface area (Å²) >= 11 is 0. The van der Waals surface area contributed by atoms with Crippen LogP contribution in [0.1, 0.15) is 71.6 Å². The highest BCUT2D eigenvalue weighted by Gasteiger charge is 2.26. The van der Waals surface area contributed by atoms with Gasteiger partial charge in [-0.3, -0.25) is 4.79 Å². The van der Waals surface area contributed by atoms with Gasteiger partial charge in [0.25, 0.3) is 0 Å². The predicted molar refractivity (Wildman–Crippen MR) is 117 cm³/mol. The van der Waals surface area contributed by atoms with E-state index < -0.39 is 18.0 Å². The fourth-order valence-electron chi connectivity index (χ4n) is 2.83. The normalized spacial score (nSPS) is 12.9. The van der Waals surface area contributed by atoms with Crippen molar-refractivity contribution < 1.29 is 29.3 Å². The van der Waals surface area contributed by atoms with Crippen LogP contribution in [-0.2, 0) is 36.3 Å². The first-order valence-electron chi connectivity index (χ1n) is 10.2. The van der Waals surface area contributed by atoms with Gasteiger partial charge in [0.15, 0.2) is 0 Å². The van der Waals surface area contributed by atoms with Crippen LogP contribution in [0.3, 0.4) is 0 Å². The van der Waals surface area contributed by atoms with Crippen LogP contribution in [0.5, 0.6) is 5.75 Å². The Morgan fingerprint density at radius 2 is 1.47 bits per heavy atom. The first kappa shape index (κ1) is 25.7. The summed E-state index contributed by atoms with van der Waals surface area (Å²) < 4.78 is 9.91. The summed E-state index contributed by atoms with van der Waals surface area (Å²) in [6.45, 7) is 16.7. The van der Waals surface area contributed by atoms with E-state index in [-0.39, 0.29) is 36.0 Å². The van der Waals surface area contributed by atoms with Gasteiger partial charge in [-0.15, -0.1) is 0 Å². The number of hydrogen-bond donors (Lipinski definition) is 2. The molecule has 0 aromatic heterocycles. The number of aromatic hydroxyl groups is 1. The van der Waals surface area contributed by atoms with Crippen molar-refractivity contribution >= 4 is 11.9 Å². The number of hydrogen-bond acceptors (Lipinski definition) is 6. The molecule has 168 valence electrons. The van der Waals surface area contributed by atoms with Crippen LogP contribution < -0.4 is 0 Å². The molecule has 0 aliphatic carbocycles. The number of esters is 2. The number of aryl methyl sites for hydroxylation is 1. The van der Waals surface area contributed by atoms with E-state index in [4.69, 9.17) is 9.47 Å². The Kier molecular flexibility index (Phi) is 8.66. The molecule has 6 heteroatoms. The number of phenols is 1. The van der Waals surface area contributed by atoms with Gasteiger partial charge in [0, 0.05) is 12.0 Å². The van der Waals surface area contributed by atoms with E-state index >= 15 is 0 Å². The van der Waals surface area contributed by atoms with Crippen molar-refractivity contribution in [3.05, 3.63) is 41.0 Å². The van der Waals surface area contributed by atoms with Crippen molar-refractivity contribution in [2.24, 2.45) is 0 Å². The molecular weight excluding hydrogens is 384 g/mol. The van der Waals surface area contributed by atoms with Crippen molar-refractivity contribution in [2.75, 3.05) is 13.2 Å². The summed E-state index contributed by atoms with van der Waals surface area (Å²) in [6, 6.07) is 3.87. The minimum atomic E-state index is -1.09. The Balaban J connectivity index is 2.74. The molecule has 6 nitrogen and oxygen atoms in total. The molecule has 0 radical (unpaired) electrons. The zero-order chi connectivity index (χ0) is 23.3. The van der Waals surface area contributed by atoms with E-state index in [1.807, 2.05) is 53.7 Å². The average Bonchev–Trinajstić information content (AvgIpc) is 2.61. The molecule has 1 rings (SSSR count). The fourth-order valence-corrected chi connectivity index (χ4v) is 2.83. The molecule has 0 amide bonds. The molecule has 0 bridgehead atoms. The molecule has 0 aliphatic rings. The van der Waals surface area contributed by atoms with Gasteiger partial charge >= 0.3 is 11.9 Å². The van der Waals surface area contributed by atoms with Gasteiger partial charge in [-0.2, -0.15) is 0 Å². The number of aliphatic hydroxyl groups excluding tert-OH is 1.